The molecule has 2 rings (SSSR count). The van der Waals surface area contributed by atoms with Gasteiger partial charge in [-0.3, -0.25) is 0 Å². The summed E-state index contributed by atoms with van der Waals surface area (Å²) >= 11 is 7.48. The van der Waals surface area contributed by atoms with E-state index in [4.69, 9.17) is 11.6 Å². The Morgan fingerprint density at radius 1 is 1.16 bits per heavy atom. The number of thioether (sulfide) groups is 1. The van der Waals surface area contributed by atoms with Crippen LogP contribution >= 0.6 is 23.4 Å². The fourth-order valence-electron chi connectivity index (χ4n) is 1.72. The molecule has 0 aliphatic carbocycles. The van der Waals surface area contributed by atoms with Crippen molar-refractivity contribution in [3.05, 3.63) is 64.4 Å². The molecule has 0 aromatic heterocycles. The number of halogens is 2. The second kappa shape index (κ2) is 6.94. The van der Waals surface area contributed by atoms with E-state index in [2.05, 4.69) is 29.6 Å². The van der Waals surface area contributed by atoms with Gasteiger partial charge in [0.1, 0.15) is 5.82 Å². The second-order valence-corrected chi connectivity index (χ2v) is 5.68. The first kappa shape index (κ1) is 14.4. The van der Waals surface area contributed by atoms with E-state index in [0.717, 1.165) is 11.4 Å². The summed E-state index contributed by atoms with van der Waals surface area (Å²) < 4.78 is 13.6. The molecule has 100 valence electrons. The van der Waals surface area contributed by atoms with Crippen molar-refractivity contribution < 1.29 is 4.39 Å². The molecule has 0 saturated carbocycles. The van der Waals surface area contributed by atoms with Crippen LogP contribution in [-0.2, 0) is 12.3 Å². The van der Waals surface area contributed by atoms with Crippen LogP contribution in [0, 0.1) is 5.82 Å². The van der Waals surface area contributed by atoms with Gasteiger partial charge in [-0.25, -0.2) is 4.39 Å². The summed E-state index contributed by atoms with van der Waals surface area (Å²) in [5.41, 5.74) is 1.87. The molecule has 0 fully saturated rings. The van der Waals surface area contributed by atoms with Crippen molar-refractivity contribution in [2.24, 2.45) is 0 Å². The summed E-state index contributed by atoms with van der Waals surface area (Å²) in [7, 11) is 1.92. The summed E-state index contributed by atoms with van der Waals surface area (Å²) in [4.78, 5) is 1.12. The maximum absolute atomic E-state index is 13.6. The van der Waals surface area contributed by atoms with Crippen molar-refractivity contribution in [2.75, 3.05) is 7.05 Å². The molecule has 1 nitrogen and oxygen atoms in total. The number of hydrogen-bond donors (Lipinski definition) is 1. The first-order valence-electron chi connectivity index (χ1n) is 5.99. The predicted molar refractivity (Wildman–Crippen MR) is 80.2 cm³/mol. The van der Waals surface area contributed by atoms with Crippen LogP contribution in [0.2, 0.25) is 5.02 Å². The normalized spacial score (nSPS) is 10.7. The molecule has 0 radical (unpaired) electrons. The van der Waals surface area contributed by atoms with Gasteiger partial charge < -0.3 is 5.32 Å². The van der Waals surface area contributed by atoms with Crippen LogP contribution in [0.4, 0.5) is 4.39 Å². The highest BCUT2D eigenvalue weighted by Crippen LogP contribution is 2.26. The quantitative estimate of drug-likeness (QED) is 0.816. The monoisotopic (exact) mass is 295 g/mol. The van der Waals surface area contributed by atoms with E-state index in [9.17, 15) is 4.39 Å². The molecule has 4 heteroatoms. The molecule has 2 aromatic carbocycles. The second-order valence-electron chi connectivity index (χ2n) is 4.20. The summed E-state index contributed by atoms with van der Waals surface area (Å²) in [6.45, 7) is 0.855. The Hall–Kier alpha value is -1.03. The van der Waals surface area contributed by atoms with Crippen LogP contribution in [0.15, 0.2) is 47.4 Å². The van der Waals surface area contributed by atoms with E-state index in [1.165, 1.54) is 11.6 Å². The van der Waals surface area contributed by atoms with Crippen LogP contribution in [0.3, 0.4) is 0 Å². The zero-order chi connectivity index (χ0) is 13.7. The molecule has 0 atom stereocenters. The largest absolute Gasteiger partial charge is 0.316 e. The lowest BCUT2D eigenvalue weighted by atomic mass is 10.2. The molecular weight excluding hydrogens is 281 g/mol. The molecule has 0 amide bonds. The Morgan fingerprint density at radius 3 is 2.58 bits per heavy atom. The van der Waals surface area contributed by atoms with Gasteiger partial charge in [0.15, 0.2) is 0 Å². The smallest absolute Gasteiger partial charge is 0.127 e. The first-order chi connectivity index (χ1) is 9.19. The molecule has 0 spiro atoms. The minimum absolute atomic E-state index is 0.205. The topological polar surface area (TPSA) is 12.0 Å². The molecule has 0 heterocycles. The Balaban J connectivity index is 2.00. The minimum Gasteiger partial charge on any atom is -0.316 e. The molecular formula is C15H15ClFNS. The Bertz CT molecular complexity index is 542. The van der Waals surface area contributed by atoms with Gasteiger partial charge >= 0.3 is 0 Å². The van der Waals surface area contributed by atoms with Crippen molar-refractivity contribution in [3.63, 3.8) is 0 Å². The van der Waals surface area contributed by atoms with Gasteiger partial charge in [-0.05, 0) is 48.5 Å². The van der Waals surface area contributed by atoms with Crippen molar-refractivity contribution in [3.8, 4) is 0 Å². The minimum atomic E-state index is -0.205. The highest BCUT2D eigenvalue weighted by molar-refractivity contribution is 7.98. The van der Waals surface area contributed by atoms with Gasteiger partial charge in [-0.2, -0.15) is 0 Å². The number of nitrogens with one attached hydrogen (secondary N) is 1. The Kier molecular flexibility index (Phi) is 5.25. The number of benzene rings is 2. The standard InChI is InChI=1S/C15H15ClFNS/c1-18-9-11-2-5-14(6-3-11)19-10-12-8-13(16)4-7-15(12)17/h2-8,18H,9-10H2,1H3. The lowest BCUT2D eigenvalue weighted by Crippen LogP contribution is -2.04. The average Bonchev–Trinajstić information content (AvgIpc) is 2.42. The molecule has 0 aliphatic heterocycles. The van der Waals surface area contributed by atoms with Crippen molar-refractivity contribution in [2.45, 2.75) is 17.2 Å². The third kappa shape index (κ3) is 4.23. The van der Waals surface area contributed by atoms with E-state index in [0.29, 0.717) is 16.3 Å². The van der Waals surface area contributed by atoms with Gasteiger partial charge in [0, 0.05) is 22.2 Å². The molecule has 0 unspecified atom stereocenters. The summed E-state index contributed by atoms with van der Waals surface area (Å²) in [6.07, 6.45) is 0. The SMILES string of the molecule is CNCc1ccc(SCc2cc(Cl)ccc2F)cc1. The first-order valence-corrected chi connectivity index (χ1v) is 7.35. The highest BCUT2D eigenvalue weighted by Gasteiger charge is 2.04. The lowest BCUT2D eigenvalue weighted by molar-refractivity contribution is 0.617. The number of hydrogen-bond acceptors (Lipinski definition) is 2. The van der Waals surface area contributed by atoms with E-state index >= 15 is 0 Å². The predicted octanol–water partition coefficient (Wildman–Crippen LogP) is 4.49. The van der Waals surface area contributed by atoms with E-state index in [-0.39, 0.29) is 5.82 Å². The van der Waals surface area contributed by atoms with Gasteiger partial charge in [0.25, 0.3) is 0 Å². The Morgan fingerprint density at radius 2 is 1.89 bits per heavy atom. The summed E-state index contributed by atoms with van der Waals surface area (Å²) in [5, 5.41) is 3.67. The third-order valence-corrected chi connectivity index (χ3v) is 4.00. The molecule has 1 N–H and O–H groups in total. The molecule has 2 aromatic rings. The molecule has 0 bridgehead atoms. The summed E-state index contributed by atoms with van der Waals surface area (Å²) in [6, 6.07) is 12.9. The number of rotatable bonds is 5. The van der Waals surface area contributed by atoms with Gasteiger partial charge in [0.05, 0.1) is 0 Å². The third-order valence-electron chi connectivity index (χ3n) is 2.71. The van der Waals surface area contributed by atoms with Crippen molar-refractivity contribution in [1.82, 2.24) is 5.32 Å². The van der Waals surface area contributed by atoms with Crippen LogP contribution in [0.5, 0.6) is 0 Å². The van der Waals surface area contributed by atoms with Crippen LogP contribution in [-0.4, -0.2) is 7.05 Å². The summed E-state index contributed by atoms with van der Waals surface area (Å²) in [5.74, 6) is 0.376. The molecule has 19 heavy (non-hydrogen) atoms. The lowest BCUT2D eigenvalue weighted by Gasteiger charge is -2.05. The van der Waals surface area contributed by atoms with Gasteiger partial charge in [-0.1, -0.05) is 23.7 Å². The maximum atomic E-state index is 13.6. The zero-order valence-electron chi connectivity index (χ0n) is 10.6. The van der Waals surface area contributed by atoms with Crippen LogP contribution < -0.4 is 5.32 Å². The van der Waals surface area contributed by atoms with Crippen LogP contribution in [0.25, 0.3) is 0 Å². The Labute approximate surface area is 122 Å². The van der Waals surface area contributed by atoms with E-state index in [1.807, 2.05) is 7.05 Å². The van der Waals surface area contributed by atoms with E-state index < -0.39 is 0 Å². The highest BCUT2D eigenvalue weighted by atomic mass is 35.5. The average molecular weight is 296 g/mol. The maximum Gasteiger partial charge on any atom is 0.127 e. The fraction of sp³-hybridized carbons (Fsp3) is 0.200. The molecule has 0 saturated heterocycles. The van der Waals surface area contributed by atoms with E-state index in [1.54, 1.807) is 23.9 Å². The van der Waals surface area contributed by atoms with Gasteiger partial charge in [0.2, 0.25) is 0 Å². The van der Waals surface area contributed by atoms with Crippen molar-refractivity contribution >= 4 is 23.4 Å². The van der Waals surface area contributed by atoms with Crippen LogP contribution in [0.1, 0.15) is 11.1 Å². The van der Waals surface area contributed by atoms with Crippen molar-refractivity contribution in [1.29, 1.82) is 0 Å². The molecule has 0 aliphatic rings. The van der Waals surface area contributed by atoms with Gasteiger partial charge in [-0.15, -0.1) is 11.8 Å². The zero-order valence-corrected chi connectivity index (χ0v) is 12.2. The fourth-order valence-corrected chi connectivity index (χ4v) is 2.79.